The molecule has 3 rings (SSSR count). The second-order valence-electron chi connectivity index (χ2n) is 8.24. The monoisotopic (exact) mass is 330 g/mol. The average molecular weight is 330 g/mol. The zero-order valence-electron chi connectivity index (χ0n) is 15.7. The number of fused-ring (bicyclic) bond motifs is 1. The number of piperidine rings is 2. The highest BCUT2D eigenvalue weighted by atomic mass is 16.5. The molecular weight excluding hydrogens is 298 g/mol. The van der Waals surface area contributed by atoms with Gasteiger partial charge in [0.2, 0.25) is 0 Å². The summed E-state index contributed by atoms with van der Waals surface area (Å²) < 4.78 is 6.99. The van der Waals surface area contributed by atoms with E-state index >= 15 is 0 Å². The number of hydrogen-bond acceptors (Lipinski definition) is 2. The van der Waals surface area contributed by atoms with Crippen LogP contribution >= 0.6 is 0 Å². The molecule has 0 spiro atoms. The Kier molecular flexibility index (Phi) is 5.00. The number of aryl methyl sites for hydroxylation is 3. The third-order valence-corrected chi connectivity index (χ3v) is 6.50. The topological polar surface area (TPSA) is 26.3 Å². The highest BCUT2D eigenvalue weighted by Crippen LogP contribution is 2.36. The lowest BCUT2D eigenvalue weighted by Gasteiger charge is -2.51. The summed E-state index contributed by atoms with van der Waals surface area (Å²) in [6, 6.07) is 4.75. The smallest absolute Gasteiger partial charge is 0.338 e. The number of esters is 1. The van der Waals surface area contributed by atoms with Gasteiger partial charge in [-0.3, -0.25) is 0 Å². The number of ether oxygens (including phenoxy) is 1. The fourth-order valence-corrected chi connectivity index (χ4v) is 4.87. The summed E-state index contributed by atoms with van der Waals surface area (Å²) in [7, 11) is 2.41. The van der Waals surface area contributed by atoms with Crippen molar-refractivity contribution < 1.29 is 14.0 Å². The van der Waals surface area contributed by atoms with Gasteiger partial charge >= 0.3 is 5.97 Å². The Bertz CT molecular complexity index is 621. The van der Waals surface area contributed by atoms with Gasteiger partial charge in [0.15, 0.2) is 0 Å². The van der Waals surface area contributed by atoms with Crippen molar-refractivity contribution in [2.24, 2.45) is 5.92 Å². The molecule has 0 radical (unpaired) electrons. The molecule has 2 saturated heterocycles. The summed E-state index contributed by atoms with van der Waals surface area (Å²) in [5.41, 5.74) is 4.13. The van der Waals surface area contributed by atoms with Crippen molar-refractivity contribution in [3.05, 3.63) is 34.4 Å². The molecule has 2 aliphatic rings. The number of quaternary nitrogens is 1. The molecule has 0 unspecified atom stereocenters. The summed E-state index contributed by atoms with van der Waals surface area (Å²) in [5, 5.41) is 0. The molecule has 2 heterocycles. The van der Waals surface area contributed by atoms with E-state index < -0.39 is 0 Å². The van der Waals surface area contributed by atoms with E-state index in [0.717, 1.165) is 16.7 Å². The second-order valence-corrected chi connectivity index (χ2v) is 8.24. The SMILES string of the molecule is Cc1cc(C)c(C(=O)OC[C@H]2CCC[N@@+]3(C)CCCC[C@@H]23)cc1C. The van der Waals surface area contributed by atoms with Crippen molar-refractivity contribution in [2.45, 2.75) is 58.9 Å². The fourth-order valence-electron chi connectivity index (χ4n) is 4.87. The third kappa shape index (κ3) is 3.37. The molecule has 2 fully saturated rings. The fraction of sp³-hybridized carbons (Fsp3) is 0.667. The predicted molar refractivity (Wildman–Crippen MR) is 97.2 cm³/mol. The van der Waals surface area contributed by atoms with E-state index in [0.29, 0.717) is 18.6 Å². The van der Waals surface area contributed by atoms with Gasteiger partial charge in [0.25, 0.3) is 0 Å². The highest BCUT2D eigenvalue weighted by molar-refractivity contribution is 5.91. The van der Waals surface area contributed by atoms with E-state index in [4.69, 9.17) is 4.74 Å². The zero-order valence-corrected chi connectivity index (χ0v) is 15.7. The zero-order chi connectivity index (χ0) is 17.3. The molecule has 1 aromatic rings. The van der Waals surface area contributed by atoms with Crippen molar-refractivity contribution >= 4 is 5.97 Å². The Hall–Kier alpha value is -1.35. The Balaban J connectivity index is 1.67. The average Bonchev–Trinajstić information content (AvgIpc) is 2.55. The molecule has 3 heteroatoms. The first-order chi connectivity index (χ1) is 11.4. The molecule has 1 aromatic carbocycles. The van der Waals surface area contributed by atoms with Crippen molar-refractivity contribution in [1.29, 1.82) is 0 Å². The van der Waals surface area contributed by atoms with Gasteiger partial charge < -0.3 is 9.22 Å². The Morgan fingerprint density at radius 1 is 1.04 bits per heavy atom. The lowest BCUT2D eigenvalue weighted by Crippen LogP contribution is -2.61. The number of nitrogens with zero attached hydrogens (tertiary/aromatic N) is 1. The standard InChI is InChI=1S/C21H32NO2/c1-15-12-17(3)19(13-16(15)2)21(23)24-14-18-8-7-11-22(4)10-6-5-9-20(18)22/h12-13,18,20H,5-11,14H2,1-4H3/q+1/t18-,20+,22-/m1/s1. The number of carbonyl (C=O) groups excluding carboxylic acids is 1. The van der Waals surface area contributed by atoms with Gasteiger partial charge in [-0.05, 0) is 69.2 Å². The summed E-state index contributed by atoms with van der Waals surface area (Å²) in [5.74, 6) is 0.381. The molecule has 3 atom stereocenters. The van der Waals surface area contributed by atoms with Crippen LogP contribution in [0.1, 0.15) is 59.2 Å². The lowest BCUT2D eigenvalue weighted by atomic mass is 9.82. The van der Waals surface area contributed by atoms with Crippen LogP contribution < -0.4 is 0 Å². The molecule has 0 N–H and O–H groups in total. The van der Waals surface area contributed by atoms with Crippen LogP contribution in [0.25, 0.3) is 0 Å². The Morgan fingerprint density at radius 3 is 2.54 bits per heavy atom. The Morgan fingerprint density at radius 2 is 1.75 bits per heavy atom. The highest BCUT2D eigenvalue weighted by Gasteiger charge is 2.43. The molecule has 0 amide bonds. The van der Waals surface area contributed by atoms with Crippen LogP contribution in [0.2, 0.25) is 0 Å². The lowest BCUT2D eigenvalue weighted by molar-refractivity contribution is -0.947. The van der Waals surface area contributed by atoms with Crippen molar-refractivity contribution in [3.63, 3.8) is 0 Å². The minimum absolute atomic E-state index is 0.147. The first-order valence-electron chi connectivity index (χ1n) is 9.50. The number of hydrogen-bond donors (Lipinski definition) is 0. The van der Waals surface area contributed by atoms with Crippen molar-refractivity contribution in [1.82, 2.24) is 0 Å². The van der Waals surface area contributed by atoms with Gasteiger partial charge in [0, 0.05) is 12.3 Å². The van der Waals surface area contributed by atoms with Gasteiger partial charge in [-0.25, -0.2) is 4.79 Å². The van der Waals surface area contributed by atoms with Gasteiger partial charge in [-0.1, -0.05) is 6.07 Å². The van der Waals surface area contributed by atoms with Crippen LogP contribution in [0.15, 0.2) is 12.1 Å². The van der Waals surface area contributed by atoms with Crippen LogP contribution in [-0.2, 0) is 4.74 Å². The molecule has 3 nitrogen and oxygen atoms in total. The molecule has 132 valence electrons. The molecule has 0 aliphatic carbocycles. The van der Waals surface area contributed by atoms with Crippen LogP contribution in [0.4, 0.5) is 0 Å². The maximum Gasteiger partial charge on any atom is 0.338 e. The number of rotatable bonds is 3. The summed E-state index contributed by atoms with van der Waals surface area (Å²) >= 11 is 0. The van der Waals surface area contributed by atoms with E-state index in [1.54, 1.807) is 0 Å². The van der Waals surface area contributed by atoms with Crippen molar-refractivity contribution in [2.75, 3.05) is 26.7 Å². The number of benzene rings is 1. The molecule has 0 saturated carbocycles. The summed E-state index contributed by atoms with van der Waals surface area (Å²) in [4.78, 5) is 12.6. The maximum atomic E-state index is 12.6. The minimum Gasteiger partial charge on any atom is -0.462 e. The largest absolute Gasteiger partial charge is 0.462 e. The second kappa shape index (κ2) is 6.87. The van der Waals surface area contributed by atoms with Gasteiger partial charge in [-0.15, -0.1) is 0 Å². The molecule has 24 heavy (non-hydrogen) atoms. The van der Waals surface area contributed by atoms with Gasteiger partial charge in [0.1, 0.15) is 6.61 Å². The molecule has 0 bridgehead atoms. The van der Waals surface area contributed by atoms with Crippen LogP contribution in [-0.4, -0.2) is 43.2 Å². The maximum absolute atomic E-state index is 12.6. The van der Waals surface area contributed by atoms with E-state index in [2.05, 4.69) is 27.0 Å². The summed E-state index contributed by atoms with van der Waals surface area (Å²) in [6.45, 7) is 9.32. The van der Waals surface area contributed by atoms with E-state index in [-0.39, 0.29) is 5.97 Å². The minimum atomic E-state index is -0.147. The predicted octanol–water partition coefficient (Wildman–Crippen LogP) is 4.18. The van der Waals surface area contributed by atoms with Crippen LogP contribution in [0.5, 0.6) is 0 Å². The van der Waals surface area contributed by atoms with E-state index in [9.17, 15) is 4.79 Å². The quantitative estimate of drug-likeness (QED) is 0.614. The van der Waals surface area contributed by atoms with Crippen LogP contribution in [0.3, 0.4) is 0 Å². The summed E-state index contributed by atoms with van der Waals surface area (Å²) in [6.07, 6.45) is 6.44. The first-order valence-corrected chi connectivity index (χ1v) is 9.50. The first kappa shape index (κ1) is 17.5. The molecular formula is C21H32NO2+. The molecule has 0 aromatic heterocycles. The van der Waals surface area contributed by atoms with Gasteiger partial charge in [-0.2, -0.15) is 0 Å². The van der Waals surface area contributed by atoms with Gasteiger partial charge in [0.05, 0.1) is 31.7 Å². The number of carbonyl (C=O) groups is 1. The van der Waals surface area contributed by atoms with E-state index in [1.807, 2.05) is 13.0 Å². The molecule has 2 aliphatic heterocycles. The van der Waals surface area contributed by atoms with Crippen LogP contribution in [0, 0.1) is 26.7 Å². The third-order valence-electron chi connectivity index (χ3n) is 6.50. The Labute approximate surface area is 146 Å². The van der Waals surface area contributed by atoms with E-state index in [1.165, 1.54) is 55.2 Å². The normalized spacial score (nSPS) is 29.8. The van der Waals surface area contributed by atoms with Crippen molar-refractivity contribution in [3.8, 4) is 0 Å².